The highest BCUT2D eigenvalue weighted by atomic mass is 127. The SMILES string of the molecule is CN=C(NCc1cccc([N+](=O)[O-])c1)NC1CCN(Cc2ccccn2)CC1.I. The highest BCUT2D eigenvalue weighted by Gasteiger charge is 2.20. The van der Waals surface area contributed by atoms with Crippen molar-refractivity contribution in [3.8, 4) is 0 Å². The summed E-state index contributed by atoms with van der Waals surface area (Å²) in [5.41, 5.74) is 2.05. The van der Waals surface area contributed by atoms with Crippen LogP contribution in [-0.4, -0.2) is 46.9 Å². The van der Waals surface area contributed by atoms with Gasteiger partial charge in [0, 0.05) is 57.6 Å². The van der Waals surface area contributed by atoms with Gasteiger partial charge in [-0.1, -0.05) is 18.2 Å². The fourth-order valence-electron chi connectivity index (χ4n) is 3.31. The zero-order chi connectivity index (χ0) is 19.8. The molecule has 0 unspecified atom stereocenters. The van der Waals surface area contributed by atoms with E-state index >= 15 is 0 Å². The summed E-state index contributed by atoms with van der Waals surface area (Å²) in [6.07, 6.45) is 3.90. The molecule has 2 N–H and O–H groups in total. The Morgan fingerprint density at radius 2 is 2.07 bits per heavy atom. The fourth-order valence-corrected chi connectivity index (χ4v) is 3.31. The molecular formula is C20H27IN6O2. The third-order valence-electron chi connectivity index (χ3n) is 4.85. The molecule has 2 aromatic rings. The molecule has 0 radical (unpaired) electrons. The van der Waals surface area contributed by atoms with Crippen molar-refractivity contribution in [3.63, 3.8) is 0 Å². The number of piperidine rings is 1. The molecule has 1 aromatic heterocycles. The predicted molar refractivity (Wildman–Crippen MR) is 124 cm³/mol. The molecule has 8 nitrogen and oxygen atoms in total. The maximum Gasteiger partial charge on any atom is 0.269 e. The molecule has 29 heavy (non-hydrogen) atoms. The largest absolute Gasteiger partial charge is 0.354 e. The summed E-state index contributed by atoms with van der Waals surface area (Å²) in [5.74, 6) is 0.717. The average Bonchev–Trinajstić information content (AvgIpc) is 2.73. The molecule has 1 aliphatic rings. The monoisotopic (exact) mass is 510 g/mol. The first kappa shape index (κ1) is 23.0. The first-order valence-electron chi connectivity index (χ1n) is 9.47. The fraction of sp³-hybridized carbons (Fsp3) is 0.400. The van der Waals surface area contributed by atoms with E-state index in [1.165, 1.54) is 6.07 Å². The Labute approximate surface area is 188 Å². The van der Waals surface area contributed by atoms with Crippen LogP contribution in [0.5, 0.6) is 0 Å². The number of aromatic nitrogens is 1. The molecular weight excluding hydrogens is 483 g/mol. The number of rotatable bonds is 6. The van der Waals surface area contributed by atoms with Crippen molar-refractivity contribution in [3.05, 3.63) is 70.0 Å². The van der Waals surface area contributed by atoms with E-state index in [2.05, 4.69) is 31.6 Å². The minimum absolute atomic E-state index is 0. The van der Waals surface area contributed by atoms with Gasteiger partial charge >= 0.3 is 0 Å². The molecule has 0 atom stereocenters. The summed E-state index contributed by atoms with van der Waals surface area (Å²) >= 11 is 0. The van der Waals surface area contributed by atoms with Crippen molar-refractivity contribution in [1.29, 1.82) is 0 Å². The van der Waals surface area contributed by atoms with Gasteiger partial charge in [0.25, 0.3) is 5.69 Å². The number of benzene rings is 1. The molecule has 0 bridgehead atoms. The van der Waals surface area contributed by atoms with Crippen LogP contribution < -0.4 is 10.6 Å². The van der Waals surface area contributed by atoms with Crippen LogP contribution in [0.4, 0.5) is 5.69 Å². The lowest BCUT2D eigenvalue weighted by molar-refractivity contribution is -0.384. The number of halogens is 1. The van der Waals surface area contributed by atoms with E-state index in [0.717, 1.165) is 49.7 Å². The van der Waals surface area contributed by atoms with E-state index in [1.807, 2.05) is 24.4 Å². The number of non-ortho nitro benzene ring substituents is 1. The lowest BCUT2D eigenvalue weighted by Gasteiger charge is -2.32. The molecule has 3 rings (SSSR count). The van der Waals surface area contributed by atoms with Crippen LogP contribution in [0.1, 0.15) is 24.1 Å². The molecule has 0 amide bonds. The number of pyridine rings is 1. The van der Waals surface area contributed by atoms with Crippen molar-refractivity contribution in [2.75, 3.05) is 20.1 Å². The Bertz CT molecular complexity index is 810. The third-order valence-corrected chi connectivity index (χ3v) is 4.85. The van der Waals surface area contributed by atoms with Crippen LogP contribution in [0.3, 0.4) is 0 Å². The van der Waals surface area contributed by atoms with Gasteiger partial charge in [-0.15, -0.1) is 24.0 Å². The number of likely N-dealkylation sites (tertiary alicyclic amines) is 1. The average molecular weight is 510 g/mol. The van der Waals surface area contributed by atoms with Gasteiger partial charge in [0.1, 0.15) is 0 Å². The normalized spacial score (nSPS) is 15.4. The Hall–Kier alpha value is -2.27. The summed E-state index contributed by atoms with van der Waals surface area (Å²) in [6.45, 7) is 3.39. The van der Waals surface area contributed by atoms with Crippen molar-refractivity contribution in [2.45, 2.75) is 32.0 Å². The number of nitro benzene ring substituents is 1. The topological polar surface area (TPSA) is 95.7 Å². The minimum atomic E-state index is -0.380. The molecule has 0 spiro atoms. The van der Waals surface area contributed by atoms with Gasteiger partial charge in [-0.05, 0) is 30.5 Å². The van der Waals surface area contributed by atoms with Gasteiger partial charge in [-0.25, -0.2) is 0 Å². The van der Waals surface area contributed by atoms with Gasteiger partial charge in [-0.3, -0.25) is 25.0 Å². The Balaban J connectivity index is 0.00000300. The Morgan fingerprint density at radius 3 is 2.72 bits per heavy atom. The molecule has 156 valence electrons. The standard InChI is InChI=1S/C20H26N6O2.HI/c1-21-20(23-14-16-5-4-7-19(13-16)26(27)28)24-17-8-11-25(12-9-17)15-18-6-2-3-10-22-18;/h2-7,10,13,17H,8-9,11-12,14-15H2,1H3,(H2,21,23,24);1H. The Kier molecular flexibility index (Phi) is 9.26. The van der Waals surface area contributed by atoms with Crippen LogP contribution in [0.25, 0.3) is 0 Å². The predicted octanol–water partition coefficient (Wildman–Crippen LogP) is 2.94. The number of guanidine groups is 1. The first-order chi connectivity index (χ1) is 13.6. The second-order valence-electron chi connectivity index (χ2n) is 6.87. The van der Waals surface area contributed by atoms with E-state index in [9.17, 15) is 10.1 Å². The second-order valence-corrected chi connectivity index (χ2v) is 6.87. The van der Waals surface area contributed by atoms with Gasteiger partial charge in [0.15, 0.2) is 5.96 Å². The van der Waals surface area contributed by atoms with Crippen LogP contribution in [0.2, 0.25) is 0 Å². The zero-order valence-electron chi connectivity index (χ0n) is 16.5. The summed E-state index contributed by atoms with van der Waals surface area (Å²) < 4.78 is 0. The maximum absolute atomic E-state index is 10.9. The molecule has 0 aliphatic carbocycles. The van der Waals surface area contributed by atoms with Crippen molar-refractivity contribution in [1.82, 2.24) is 20.5 Å². The number of hydrogen-bond acceptors (Lipinski definition) is 5. The van der Waals surface area contributed by atoms with E-state index in [-0.39, 0.29) is 34.6 Å². The molecule has 1 saturated heterocycles. The molecule has 0 saturated carbocycles. The van der Waals surface area contributed by atoms with Crippen LogP contribution in [-0.2, 0) is 13.1 Å². The number of aliphatic imine (C=N–C) groups is 1. The molecule has 2 heterocycles. The summed E-state index contributed by atoms with van der Waals surface area (Å²) in [4.78, 5) is 21.6. The van der Waals surface area contributed by atoms with Crippen LogP contribution in [0.15, 0.2) is 53.7 Å². The van der Waals surface area contributed by atoms with Crippen molar-refractivity contribution in [2.24, 2.45) is 4.99 Å². The van der Waals surface area contributed by atoms with Crippen LogP contribution in [0, 0.1) is 10.1 Å². The maximum atomic E-state index is 10.9. The lowest BCUT2D eigenvalue weighted by Crippen LogP contribution is -2.48. The number of hydrogen-bond donors (Lipinski definition) is 2. The summed E-state index contributed by atoms with van der Waals surface area (Å²) in [7, 11) is 1.74. The number of nitro groups is 1. The molecule has 1 fully saturated rings. The molecule has 1 aromatic carbocycles. The van der Waals surface area contributed by atoms with Gasteiger partial charge in [-0.2, -0.15) is 0 Å². The van der Waals surface area contributed by atoms with Gasteiger partial charge in [0.2, 0.25) is 0 Å². The highest BCUT2D eigenvalue weighted by Crippen LogP contribution is 2.14. The molecule has 1 aliphatic heterocycles. The van der Waals surface area contributed by atoms with Crippen molar-refractivity contribution < 1.29 is 4.92 Å². The number of nitrogens with zero attached hydrogens (tertiary/aromatic N) is 4. The highest BCUT2D eigenvalue weighted by molar-refractivity contribution is 14.0. The Morgan fingerprint density at radius 1 is 1.28 bits per heavy atom. The van der Waals surface area contributed by atoms with Crippen LogP contribution >= 0.6 is 24.0 Å². The van der Waals surface area contributed by atoms with E-state index in [0.29, 0.717) is 12.6 Å². The smallest absolute Gasteiger partial charge is 0.269 e. The summed E-state index contributed by atoms with van der Waals surface area (Å²) in [6, 6.07) is 13.0. The van der Waals surface area contributed by atoms with Gasteiger partial charge in [0.05, 0.1) is 10.6 Å². The quantitative estimate of drug-likeness (QED) is 0.204. The van der Waals surface area contributed by atoms with E-state index < -0.39 is 0 Å². The first-order valence-corrected chi connectivity index (χ1v) is 9.47. The lowest BCUT2D eigenvalue weighted by atomic mass is 10.0. The van der Waals surface area contributed by atoms with Crippen molar-refractivity contribution >= 4 is 35.6 Å². The minimum Gasteiger partial charge on any atom is -0.354 e. The third kappa shape index (κ3) is 7.24. The van der Waals surface area contributed by atoms with E-state index in [4.69, 9.17) is 0 Å². The number of nitrogens with one attached hydrogen (secondary N) is 2. The second kappa shape index (κ2) is 11.7. The molecule has 9 heteroatoms. The van der Waals surface area contributed by atoms with Gasteiger partial charge < -0.3 is 10.6 Å². The zero-order valence-corrected chi connectivity index (χ0v) is 18.8. The summed E-state index contributed by atoms with van der Waals surface area (Å²) in [5, 5.41) is 17.6. The van der Waals surface area contributed by atoms with E-state index in [1.54, 1.807) is 19.2 Å².